The van der Waals surface area contributed by atoms with Gasteiger partial charge in [0.1, 0.15) is 12.4 Å². The number of hydrogen-bond donors (Lipinski definition) is 0. The van der Waals surface area contributed by atoms with Crippen molar-refractivity contribution in [3.8, 4) is 5.75 Å². The molecule has 0 bridgehead atoms. The molecule has 0 unspecified atom stereocenters. The highest BCUT2D eigenvalue weighted by atomic mass is 127. The molecule has 5 nitrogen and oxygen atoms in total. The van der Waals surface area contributed by atoms with Gasteiger partial charge in [-0.2, -0.15) is 0 Å². The average molecular weight is 467 g/mol. The molecule has 1 aliphatic heterocycles. The van der Waals surface area contributed by atoms with E-state index in [9.17, 15) is 14.4 Å². The summed E-state index contributed by atoms with van der Waals surface area (Å²) in [5.41, 5.74) is 1.45. The van der Waals surface area contributed by atoms with Crippen molar-refractivity contribution in [3.63, 3.8) is 0 Å². The van der Waals surface area contributed by atoms with E-state index in [4.69, 9.17) is 4.74 Å². The Hall–Kier alpha value is -1.87. The molecule has 1 aliphatic rings. The summed E-state index contributed by atoms with van der Waals surface area (Å²) < 4.78 is 6.70. The Bertz CT molecular complexity index is 809. The van der Waals surface area contributed by atoms with Gasteiger partial charge in [-0.1, -0.05) is 48.2 Å². The Labute approximate surface area is 162 Å². The zero-order valence-electron chi connectivity index (χ0n) is 13.1. The largest absolute Gasteiger partial charge is 0.488 e. The molecule has 25 heavy (non-hydrogen) atoms. The van der Waals surface area contributed by atoms with Crippen LogP contribution >= 0.6 is 34.4 Å². The zero-order valence-corrected chi connectivity index (χ0v) is 16.1. The van der Waals surface area contributed by atoms with Gasteiger partial charge in [-0.15, -0.1) is 0 Å². The maximum atomic E-state index is 12.4. The quantitative estimate of drug-likeness (QED) is 0.479. The molecule has 2 aromatic rings. The topological polar surface area (TPSA) is 63.7 Å². The third-order valence-corrected chi connectivity index (χ3v) is 5.38. The van der Waals surface area contributed by atoms with Crippen LogP contribution in [0.4, 0.5) is 4.79 Å². The maximum absolute atomic E-state index is 12.4. The van der Waals surface area contributed by atoms with E-state index >= 15 is 0 Å². The van der Waals surface area contributed by atoms with Crippen molar-refractivity contribution in [2.45, 2.75) is 6.61 Å². The minimum atomic E-state index is -0.371. The Balaban J connectivity index is 1.71. The molecule has 0 spiro atoms. The predicted octanol–water partition coefficient (Wildman–Crippen LogP) is 3.75. The number of carbonyl (C=O) groups excluding carboxylic acids is 3. The molecule has 0 radical (unpaired) electrons. The van der Waals surface area contributed by atoms with Crippen molar-refractivity contribution >= 4 is 51.3 Å². The zero-order chi connectivity index (χ0) is 17.8. The van der Waals surface area contributed by atoms with Gasteiger partial charge in [0, 0.05) is 5.56 Å². The lowest BCUT2D eigenvalue weighted by Crippen LogP contribution is -2.33. The van der Waals surface area contributed by atoms with Gasteiger partial charge < -0.3 is 4.74 Å². The van der Waals surface area contributed by atoms with Gasteiger partial charge >= 0.3 is 0 Å². The Morgan fingerprint density at radius 3 is 2.60 bits per heavy atom. The SMILES string of the molecule is O=C(CN1C(=O)CSC1=O)c1ccc(I)c(OCc2ccccc2)c1. The number of hydrogen-bond acceptors (Lipinski definition) is 5. The number of ketones is 1. The monoisotopic (exact) mass is 467 g/mol. The van der Waals surface area contributed by atoms with Gasteiger partial charge in [0.15, 0.2) is 5.78 Å². The smallest absolute Gasteiger partial charge is 0.289 e. The molecule has 1 heterocycles. The lowest BCUT2D eigenvalue weighted by atomic mass is 10.1. The van der Waals surface area contributed by atoms with E-state index in [1.54, 1.807) is 18.2 Å². The number of imide groups is 1. The highest BCUT2D eigenvalue weighted by molar-refractivity contribution is 14.1. The molecule has 128 valence electrons. The van der Waals surface area contributed by atoms with Gasteiger partial charge in [0.05, 0.1) is 15.9 Å². The average Bonchev–Trinajstić information content (AvgIpc) is 2.94. The molecule has 2 amide bonds. The van der Waals surface area contributed by atoms with E-state index in [2.05, 4.69) is 22.6 Å². The summed E-state index contributed by atoms with van der Waals surface area (Å²) >= 11 is 3.06. The molecule has 2 aromatic carbocycles. The molecular weight excluding hydrogens is 453 g/mol. The van der Waals surface area contributed by atoms with Gasteiger partial charge in [-0.25, -0.2) is 0 Å². The van der Waals surface area contributed by atoms with Gasteiger partial charge in [-0.05, 0) is 40.3 Å². The Kier molecular flexibility index (Phi) is 5.74. The third kappa shape index (κ3) is 4.40. The lowest BCUT2D eigenvalue weighted by molar-refractivity contribution is -0.124. The molecule has 1 saturated heterocycles. The van der Waals surface area contributed by atoms with Crippen molar-refractivity contribution in [2.75, 3.05) is 12.3 Å². The van der Waals surface area contributed by atoms with Gasteiger partial charge in [-0.3, -0.25) is 19.3 Å². The number of Topliss-reactive ketones (excluding diaryl/α,β-unsaturated/α-hetero) is 1. The summed E-state index contributed by atoms with van der Waals surface area (Å²) in [6.07, 6.45) is 0. The molecule has 0 aromatic heterocycles. The minimum Gasteiger partial charge on any atom is -0.488 e. The van der Waals surface area contributed by atoms with Gasteiger partial charge in [0.25, 0.3) is 5.24 Å². The fourth-order valence-corrected chi connectivity index (χ4v) is 3.51. The summed E-state index contributed by atoms with van der Waals surface area (Å²) in [6, 6.07) is 14.9. The van der Waals surface area contributed by atoms with E-state index < -0.39 is 0 Å². The molecule has 0 N–H and O–H groups in total. The second-order valence-electron chi connectivity index (χ2n) is 5.38. The molecular formula is C18H14INO4S. The van der Waals surface area contributed by atoms with Crippen LogP contribution in [-0.2, 0) is 11.4 Å². The molecule has 0 saturated carbocycles. The van der Waals surface area contributed by atoms with Crippen LogP contribution in [0.3, 0.4) is 0 Å². The molecule has 0 atom stereocenters. The molecule has 3 rings (SSSR count). The number of nitrogens with zero attached hydrogens (tertiary/aromatic N) is 1. The number of benzene rings is 2. The van der Waals surface area contributed by atoms with Crippen LogP contribution in [0.15, 0.2) is 48.5 Å². The lowest BCUT2D eigenvalue weighted by Gasteiger charge is -2.13. The summed E-state index contributed by atoms with van der Waals surface area (Å²) in [5.74, 6) is 0.0906. The highest BCUT2D eigenvalue weighted by Crippen LogP contribution is 2.25. The van der Waals surface area contributed by atoms with Crippen LogP contribution in [0.1, 0.15) is 15.9 Å². The second kappa shape index (κ2) is 8.01. The number of amides is 2. The second-order valence-corrected chi connectivity index (χ2v) is 7.47. The van der Waals surface area contributed by atoms with Crippen LogP contribution in [0.2, 0.25) is 0 Å². The van der Waals surface area contributed by atoms with E-state index in [0.717, 1.165) is 25.8 Å². The standard InChI is InChI=1S/C18H14INO4S/c19-14-7-6-13(15(21)9-20-17(22)11-25-18(20)23)8-16(14)24-10-12-4-2-1-3-5-12/h1-8H,9-11H2. The van der Waals surface area contributed by atoms with Gasteiger partial charge in [0.2, 0.25) is 5.91 Å². The predicted molar refractivity (Wildman–Crippen MR) is 104 cm³/mol. The first-order valence-corrected chi connectivity index (χ1v) is 9.57. The fraction of sp³-hybridized carbons (Fsp3) is 0.167. The Morgan fingerprint density at radius 2 is 1.92 bits per heavy atom. The van der Waals surface area contributed by atoms with E-state index in [0.29, 0.717) is 17.9 Å². The number of carbonyl (C=O) groups is 3. The van der Waals surface area contributed by atoms with E-state index in [1.165, 1.54) is 0 Å². The normalized spacial score (nSPS) is 14.0. The van der Waals surface area contributed by atoms with Crippen LogP contribution < -0.4 is 4.74 Å². The Morgan fingerprint density at radius 1 is 1.16 bits per heavy atom. The molecule has 1 fully saturated rings. The highest BCUT2D eigenvalue weighted by Gasteiger charge is 2.31. The van der Waals surface area contributed by atoms with Crippen molar-refractivity contribution in [1.82, 2.24) is 4.90 Å². The molecule has 7 heteroatoms. The van der Waals surface area contributed by atoms with Crippen LogP contribution in [0.5, 0.6) is 5.75 Å². The summed E-state index contributed by atoms with van der Waals surface area (Å²) in [5, 5.41) is -0.371. The first kappa shape index (κ1) is 17.9. The number of rotatable bonds is 6. The number of thioether (sulfide) groups is 1. The third-order valence-electron chi connectivity index (χ3n) is 3.63. The van der Waals surface area contributed by atoms with Crippen LogP contribution in [0.25, 0.3) is 0 Å². The number of halogens is 1. The van der Waals surface area contributed by atoms with Crippen LogP contribution in [0, 0.1) is 3.57 Å². The first-order chi connectivity index (χ1) is 12.0. The first-order valence-electron chi connectivity index (χ1n) is 7.51. The fourth-order valence-electron chi connectivity index (χ4n) is 2.29. The minimum absolute atomic E-state index is 0.101. The van der Waals surface area contributed by atoms with E-state index in [-0.39, 0.29) is 29.2 Å². The molecule has 0 aliphatic carbocycles. The van der Waals surface area contributed by atoms with Crippen molar-refractivity contribution in [3.05, 3.63) is 63.2 Å². The number of ether oxygens (including phenoxy) is 1. The van der Waals surface area contributed by atoms with Crippen molar-refractivity contribution in [2.24, 2.45) is 0 Å². The summed E-state index contributed by atoms with van der Waals surface area (Å²) in [6.45, 7) is 0.164. The summed E-state index contributed by atoms with van der Waals surface area (Å²) in [4.78, 5) is 36.7. The summed E-state index contributed by atoms with van der Waals surface area (Å²) in [7, 11) is 0. The maximum Gasteiger partial charge on any atom is 0.289 e. The van der Waals surface area contributed by atoms with E-state index in [1.807, 2.05) is 30.3 Å². The van der Waals surface area contributed by atoms with Crippen molar-refractivity contribution < 1.29 is 19.1 Å². The van der Waals surface area contributed by atoms with Crippen molar-refractivity contribution in [1.29, 1.82) is 0 Å². The van der Waals surface area contributed by atoms with Crippen LogP contribution in [-0.4, -0.2) is 34.1 Å².